The Morgan fingerprint density at radius 1 is 0.363 bits per heavy atom. The molecular weight excluding hydrogens is 1130 g/mol. The van der Waals surface area contributed by atoms with Gasteiger partial charge in [-0.05, 0) is 44.9 Å². The summed E-state index contributed by atoms with van der Waals surface area (Å²) in [5, 5.41) is 54.9. The van der Waals surface area contributed by atoms with E-state index in [0.29, 0.717) is 6.42 Å². The lowest BCUT2D eigenvalue weighted by Gasteiger charge is -2.40. The Morgan fingerprint density at radius 3 is 0.890 bits per heavy atom. The van der Waals surface area contributed by atoms with Crippen LogP contribution in [0.1, 0.15) is 438 Å². The molecule has 0 saturated carbocycles. The van der Waals surface area contributed by atoms with Crippen molar-refractivity contribution in [2.45, 2.75) is 480 Å². The van der Waals surface area contributed by atoms with E-state index in [9.17, 15) is 30.3 Å². The first-order valence-corrected chi connectivity index (χ1v) is 41.1. The van der Waals surface area contributed by atoms with E-state index >= 15 is 0 Å². The fourth-order valence-corrected chi connectivity index (χ4v) is 13.6. The molecule has 1 saturated heterocycles. The van der Waals surface area contributed by atoms with E-state index in [1.54, 1.807) is 6.08 Å². The molecule has 0 radical (unpaired) electrons. The van der Waals surface area contributed by atoms with Crippen molar-refractivity contribution in [1.82, 2.24) is 5.32 Å². The first kappa shape index (κ1) is 87.7. The van der Waals surface area contributed by atoms with Gasteiger partial charge in [0, 0.05) is 6.42 Å². The number of hydrogen-bond acceptors (Lipinski definition) is 8. The average Bonchev–Trinajstić information content (AvgIpc) is 1.58. The van der Waals surface area contributed by atoms with Crippen LogP contribution >= 0.6 is 0 Å². The third-order valence-electron chi connectivity index (χ3n) is 20.0. The van der Waals surface area contributed by atoms with Crippen LogP contribution in [0.2, 0.25) is 0 Å². The molecule has 9 heteroatoms. The number of ether oxygens (including phenoxy) is 2. The Bertz CT molecular complexity index is 1490. The van der Waals surface area contributed by atoms with E-state index in [4.69, 9.17) is 9.47 Å². The minimum atomic E-state index is -1.57. The predicted molar refractivity (Wildman–Crippen MR) is 392 cm³/mol. The summed E-state index contributed by atoms with van der Waals surface area (Å²) in [5.41, 5.74) is 0. The van der Waals surface area contributed by atoms with E-state index in [1.807, 2.05) is 6.08 Å². The summed E-state index contributed by atoms with van der Waals surface area (Å²) < 4.78 is 11.4. The Balaban J connectivity index is 2.02. The Hall–Kier alpha value is -1.33. The van der Waals surface area contributed by atoms with Gasteiger partial charge in [0.1, 0.15) is 24.4 Å². The normalized spacial score (nSPS) is 17.7. The van der Waals surface area contributed by atoms with Gasteiger partial charge in [0.05, 0.1) is 25.4 Å². The van der Waals surface area contributed by atoms with Gasteiger partial charge in [-0.25, -0.2) is 0 Å². The molecule has 7 unspecified atom stereocenters. The number of allylic oxidation sites excluding steroid dienone is 3. The summed E-state index contributed by atoms with van der Waals surface area (Å²) in [6.07, 6.45) is 89.2. The number of aliphatic hydroxyl groups excluding tert-OH is 5. The highest BCUT2D eigenvalue weighted by molar-refractivity contribution is 5.76. The fraction of sp³-hybridized carbons (Fsp3) is 0.939. The second kappa shape index (κ2) is 71.4. The van der Waals surface area contributed by atoms with Crippen molar-refractivity contribution in [1.29, 1.82) is 0 Å². The molecule has 1 aliphatic heterocycles. The zero-order valence-electron chi connectivity index (χ0n) is 60.9. The van der Waals surface area contributed by atoms with Crippen molar-refractivity contribution in [3.63, 3.8) is 0 Å². The summed E-state index contributed by atoms with van der Waals surface area (Å²) in [6.45, 7) is 3.85. The Kier molecular flexibility index (Phi) is 68.8. The van der Waals surface area contributed by atoms with Crippen molar-refractivity contribution in [3.8, 4) is 0 Å². The number of aliphatic hydroxyl groups is 5. The quantitative estimate of drug-likeness (QED) is 0.0261. The third-order valence-corrected chi connectivity index (χ3v) is 20.0. The van der Waals surface area contributed by atoms with Gasteiger partial charge in [0.15, 0.2) is 6.29 Å². The molecule has 9 nitrogen and oxygen atoms in total. The van der Waals surface area contributed by atoms with Crippen LogP contribution in [0.3, 0.4) is 0 Å². The van der Waals surface area contributed by atoms with Crippen LogP contribution < -0.4 is 5.32 Å². The summed E-state index contributed by atoms with van der Waals surface area (Å²) >= 11 is 0. The van der Waals surface area contributed by atoms with E-state index in [0.717, 1.165) is 38.5 Å². The van der Waals surface area contributed by atoms with Crippen LogP contribution in [0.15, 0.2) is 24.3 Å². The lowest BCUT2D eigenvalue weighted by Crippen LogP contribution is -2.60. The topological polar surface area (TPSA) is 149 Å². The second-order valence-electron chi connectivity index (χ2n) is 28.9. The van der Waals surface area contributed by atoms with Gasteiger partial charge < -0.3 is 40.3 Å². The standard InChI is InChI=1S/C82H159NO8/c1-3-5-7-9-11-13-15-17-19-21-23-25-27-29-31-32-33-34-35-36-37-38-39-40-41-42-43-44-46-48-50-52-54-56-58-60-62-64-66-68-70-72-78(86)83-75(74-90-82-81(89)80(88)79(87)77(73-84)91-82)76(85)71-69-67-65-63-61-59-57-55-53-51-49-47-45-30-28-26-24-22-20-18-16-14-12-10-8-6-4-2/h21,23,69,71,75-77,79-82,84-85,87-89H,3-20,22,24-68,70,72-74H2,1-2H3,(H,83,86)/b23-21-,71-69+. The van der Waals surface area contributed by atoms with Crippen LogP contribution in [0.25, 0.3) is 0 Å². The maximum absolute atomic E-state index is 13.2. The molecule has 0 aromatic heterocycles. The average molecular weight is 1290 g/mol. The highest BCUT2D eigenvalue weighted by Crippen LogP contribution is 2.24. The number of nitrogens with one attached hydrogen (secondary N) is 1. The Labute approximate surface area is 566 Å². The van der Waals surface area contributed by atoms with Crippen LogP contribution in [-0.4, -0.2) is 87.5 Å². The molecule has 0 aliphatic carbocycles. The predicted octanol–water partition coefficient (Wildman–Crippen LogP) is 23.5. The van der Waals surface area contributed by atoms with E-state index in [-0.39, 0.29) is 12.5 Å². The molecule has 1 rings (SSSR count). The minimum Gasteiger partial charge on any atom is -0.394 e. The van der Waals surface area contributed by atoms with Gasteiger partial charge in [-0.15, -0.1) is 0 Å². The number of carbonyl (C=O) groups excluding carboxylic acids is 1. The van der Waals surface area contributed by atoms with Gasteiger partial charge in [-0.1, -0.05) is 411 Å². The molecule has 1 fully saturated rings. The summed E-state index contributed by atoms with van der Waals surface area (Å²) in [4.78, 5) is 13.2. The zero-order chi connectivity index (χ0) is 65.7. The summed E-state index contributed by atoms with van der Waals surface area (Å²) in [5.74, 6) is -0.166. The molecule has 1 heterocycles. The maximum atomic E-state index is 13.2. The molecule has 7 atom stereocenters. The van der Waals surface area contributed by atoms with Gasteiger partial charge >= 0.3 is 0 Å². The van der Waals surface area contributed by atoms with E-state index < -0.39 is 49.5 Å². The Morgan fingerprint density at radius 2 is 0.615 bits per heavy atom. The molecule has 6 N–H and O–H groups in total. The molecule has 1 aliphatic rings. The fourth-order valence-electron chi connectivity index (χ4n) is 13.6. The summed E-state index contributed by atoms with van der Waals surface area (Å²) in [7, 11) is 0. The molecule has 540 valence electrons. The number of unbranched alkanes of at least 4 members (excludes halogenated alkanes) is 62. The second-order valence-corrected chi connectivity index (χ2v) is 28.9. The molecule has 0 bridgehead atoms. The molecule has 91 heavy (non-hydrogen) atoms. The van der Waals surface area contributed by atoms with Crippen LogP contribution in [0.5, 0.6) is 0 Å². The first-order valence-electron chi connectivity index (χ1n) is 41.1. The lowest BCUT2D eigenvalue weighted by atomic mass is 9.99. The number of hydrogen-bond donors (Lipinski definition) is 6. The molecular formula is C82H159NO8. The van der Waals surface area contributed by atoms with E-state index in [1.165, 1.54) is 379 Å². The minimum absolute atomic E-state index is 0.166. The summed E-state index contributed by atoms with van der Waals surface area (Å²) in [6, 6.07) is -0.804. The lowest BCUT2D eigenvalue weighted by molar-refractivity contribution is -0.302. The largest absolute Gasteiger partial charge is 0.394 e. The van der Waals surface area contributed by atoms with Gasteiger partial charge in [0.25, 0.3) is 0 Å². The maximum Gasteiger partial charge on any atom is 0.220 e. The number of carbonyl (C=O) groups is 1. The van der Waals surface area contributed by atoms with Crippen LogP contribution in [0.4, 0.5) is 0 Å². The molecule has 0 aromatic rings. The molecule has 1 amide bonds. The zero-order valence-corrected chi connectivity index (χ0v) is 60.9. The SMILES string of the molecule is CCCCCCCCCC/C=C\CCCCCCCCCCCCCCCCCCCCCCCCCCCCCCCC(=O)NC(COC1OC(CO)C(O)C(O)C1O)C(O)/C=C/CCCCCCCCCCCCCCCCCCCCCCCCCCC. The third kappa shape index (κ3) is 59.7. The smallest absolute Gasteiger partial charge is 0.220 e. The highest BCUT2D eigenvalue weighted by Gasteiger charge is 2.44. The van der Waals surface area contributed by atoms with Crippen LogP contribution in [0, 0.1) is 0 Å². The molecule has 0 aromatic carbocycles. The van der Waals surface area contributed by atoms with Gasteiger partial charge in [0.2, 0.25) is 5.91 Å². The number of rotatable bonds is 74. The van der Waals surface area contributed by atoms with Gasteiger partial charge in [-0.3, -0.25) is 4.79 Å². The first-order chi connectivity index (χ1) is 44.8. The monoisotopic (exact) mass is 1290 g/mol. The highest BCUT2D eigenvalue weighted by atomic mass is 16.7. The van der Waals surface area contributed by atoms with Crippen molar-refractivity contribution < 1.29 is 39.8 Å². The van der Waals surface area contributed by atoms with Crippen molar-refractivity contribution >= 4 is 5.91 Å². The number of amides is 1. The van der Waals surface area contributed by atoms with Crippen molar-refractivity contribution in [2.24, 2.45) is 0 Å². The molecule has 0 spiro atoms. The van der Waals surface area contributed by atoms with Crippen molar-refractivity contribution in [3.05, 3.63) is 24.3 Å². The van der Waals surface area contributed by atoms with Gasteiger partial charge in [-0.2, -0.15) is 0 Å². The van der Waals surface area contributed by atoms with Crippen molar-refractivity contribution in [2.75, 3.05) is 13.2 Å². The van der Waals surface area contributed by atoms with Crippen LogP contribution in [-0.2, 0) is 14.3 Å². The van der Waals surface area contributed by atoms with E-state index in [2.05, 4.69) is 31.3 Å².